The summed E-state index contributed by atoms with van der Waals surface area (Å²) in [7, 11) is 1.37. The fraction of sp³-hybridized carbons (Fsp3) is 0.818. The fourth-order valence-corrected chi connectivity index (χ4v) is 2.56. The molecule has 0 aromatic heterocycles. The summed E-state index contributed by atoms with van der Waals surface area (Å²) in [4.78, 5) is 22.4. The van der Waals surface area contributed by atoms with E-state index < -0.39 is 0 Å². The van der Waals surface area contributed by atoms with E-state index in [2.05, 4.69) is 15.4 Å². The maximum atomic E-state index is 11.5. The summed E-state index contributed by atoms with van der Waals surface area (Å²) < 4.78 is 4.51. The highest BCUT2D eigenvalue weighted by Crippen LogP contribution is 2.09. The average Bonchev–Trinajstić information content (AvgIpc) is 2.35. The topological polar surface area (TPSA) is 67.4 Å². The van der Waals surface area contributed by atoms with E-state index in [4.69, 9.17) is 0 Å². The number of nitrogens with one attached hydrogen (secondary N) is 2. The Labute approximate surface area is 106 Å². The summed E-state index contributed by atoms with van der Waals surface area (Å²) >= 11 is 1.88. The lowest BCUT2D eigenvalue weighted by Crippen LogP contribution is -2.41. The molecule has 0 aromatic carbocycles. The van der Waals surface area contributed by atoms with E-state index in [0.29, 0.717) is 25.8 Å². The predicted molar refractivity (Wildman–Crippen MR) is 68.0 cm³/mol. The molecule has 0 saturated carbocycles. The molecule has 1 aliphatic rings. The van der Waals surface area contributed by atoms with Crippen LogP contribution >= 0.6 is 11.8 Å². The molecule has 17 heavy (non-hydrogen) atoms. The van der Waals surface area contributed by atoms with Gasteiger partial charge in [0.1, 0.15) is 0 Å². The van der Waals surface area contributed by atoms with Crippen molar-refractivity contribution in [2.75, 3.05) is 31.7 Å². The number of amides is 1. The monoisotopic (exact) mass is 260 g/mol. The molecule has 1 saturated heterocycles. The first kappa shape index (κ1) is 14.3. The van der Waals surface area contributed by atoms with E-state index in [1.807, 2.05) is 11.8 Å². The van der Waals surface area contributed by atoms with Gasteiger partial charge in [-0.3, -0.25) is 9.59 Å². The molecule has 1 atom stereocenters. The third-order valence-corrected chi connectivity index (χ3v) is 3.67. The summed E-state index contributed by atoms with van der Waals surface area (Å²) in [5.74, 6) is 1.94. The highest BCUT2D eigenvalue weighted by Gasteiger charge is 2.16. The van der Waals surface area contributed by atoms with Crippen LogP contribution in [0, 0.1) is 0 Å². The molecular weight excluding hydrogens is 240 g/mol. The molecule has 0 spiro atoms. The Bertz CT molecular complexity index is 255. The maximum absolute atomic E-state index is 11.5. The van der Waals surface area contributed by atoms with Crippen molar-refractivity contribution in [3.8, 4) is 0 Å². The molecule has 1 fully saturated rings. The number of carbonyl (C=O) groups is 2. The SMILES string of the molecule is COC(=O)CCCNC(=O)CC1CSCCN1. The van der Waals surface area contributed by atoms with Crippen molar-refractivity contribution in [2.24, 2.45) is 0 Å². The third kappa shape index (κ3) is 6.53. The Morgan fingerprint density at radius 2 is 2.35 bits per heavy atom. The highest BCUT2D eigenvalue weighted by molar-refractivity contribution is 7.99. The van der Waals surface area contributed by atoms with Crippen molar-refractivity contribution in [3.05, 3.63) is 0 Å². The Kier molecular flexibility index (Phi) is 7.04. The van der Waals surface area contributed by atoms with Gasteiger partial charge in [-0.2, -0.15) is 11.8 Å². The molecule has 0 aromatic rings. The standard InChI is InChI=1S/C11H20N2O3S/c1-16-11(15)3-2-4-13-10(14)7-9-8-17-6-5-12-9/h9,12H,2-8H2,1H3,(H,13,14). The molecule has 6 heteroatoms. The number of hydrogen-bond donors (Lipinski definition) is 2. The summed E-state index contributed by atoms with van der Waals surface area (Å²) in [5.41, 5.74) is 0. The molecule has 1 rings (SSSR count). The maximum Gasteiger partial charge on any atom is 0.305 e. The van der Waals surface area contributed by atoms with Gasteiger partial charge in [-0.15, -0.1) is 0 Å². The van der Waals surface area contributed by atoms with Gasteiger partial charge in [0, 0.05) is 43.5 Å². The quantitative estimate of drug-likeness (QED) is 0.526. The lowest BCUT2D eigenvalue weighted by Gasteiger charge is -2.22. The van der Waals surface area contributed by atoms with Crippen molar-refractivity contribution in [3.63, 3.8) is 0 Å². The normalized spacial score (nSPS) is 19.7. The van der Waals surface area contributed by atoms with Crippen LogP contribution in [0.5, 0.6) is 0 Å². The number of ether oxygens (including phenoxy) is 1. The number of thioether (sulfide) groups is 1. The molecule has 98 valence electrons. The largest absolute Gasteiger partial charge is 0.469 e. The van der Waals surface area contributed by atoms with E-state index in [1.54, 1.807) is 0 Å². The Morgan fingerprint density at radius 3 is 3.00 bits per heavy atom. The lowest BCUT2D eigenvalue weighted by molar-refractivity contribution is -0.140. The molecule has 0 bridgehead atoms. The highest BCUT2D eigenvalue weighted by atomic mass is 32.2. The Balaban J connectivity index is 2.02. The van der Waals surface area contributed by atoms with Crippen LogP contribution in [0.25, 0.3) is 0 Å². The minimum atomic E-state index is -0.232. The fourth-order valence-electron chi connectivity index (χ4n) is 1.61. The number of rotatable bonds is 6. The minimum absolute atomic E-state index is 0.0508. The van der Waals surface area contributed by atoms with E-state index >= 15 is 0 Å². The van der Waals surface area contributed by atoms with Crippen LogP contribution in [0.15, 0.2) is 0 Å². The first-order valence-electron chi connectivity index (χ1n) is 5.87. The van der Waals surface area contributed by atoms with Crippen LogP contribution in [0.4, 0.5) is 0 Å². The van der Waals surface area contributed by atoms with Gasteiger partial charge in [-0.05, 0) is 6.42 Å². The Hall–Kier alpha value is -0.750. The van der Waals surface area contributed by atoms with Gasteiger partial charge in [0.15, 0.2) is 0 Å². The van der Waals surface area contributed by atoms with Crippen LogP contribution in [-0.4, -0.2) is 49.6 Å². The van der Waals surface area contributed by atoms with Gasteiger partial charge in [0.25, 0.3) is 0 Å². The minimum Gasteiger partial charge on any atom is -0.469 e. The molecule has 1 heterocycles. The summed E-state index contributed by atoms with van der Waals surface area (Å²) in [5, 5.41) is 6.13. The van der Waals surface area contributed by atoms with E-state index in [-0.39, 0.29) is 17.9 Å². The second-order valence-corrected chi connectivity index (χ2v) is 5.11. The van der Waals surface area contributed by atoms with Crippen molar-refractivity contribution in [1.29, 1.82) is 0 Å². The van der Waals surface area contributed by atoms with Crippen LogP contribution in [0.3, 0.4) is 0 Å². The molecule has 1 unspecified atom stereocenters. The first-order chi connectivity index (χ1) is 8.22. The van der Waals surface area contributed by atoms with Crippen molar-refractivity contribution < 1.29 is 14.3 Å². The second-order valence-electron chi connectivity index (χ2n) is 3.96. The first-order valence-corrected chi connectivity index (χ1v) is 7.02. The van der Waals surface area contributed by atoms with Crippen molar-refractivity contribution in [1.82, 2.24) is 10.6 Å². The van der Waals surface area contributed by atoms with Gasteiger partial charge < -0.3 is 15.4 Å². The predicted octanol–water partition coefficient (Wildman–Crippen LogP) is 0.151. The van der Waals surface area contributed by atoms with Gasteiger partial charge in [0.2, 0.25) is 5.91 Å². The summed E-state index contributed by atoms with van der Waals surface area (Å²) in [6.07, 6.45) is 1.50. The molecule has 1 amide bonds. The van der Waals surface area contributed by atoms with Gasteiger partial charge in [-0.25, -0.2) is 0 Å². The van der Waals surface area contributed by atoms with Crippen LogP contribution < -0.4 is 10.6 Å². The number of esters is 1. The zero-order valence-electron chi connectivity index (χ0n) is 10.2. The van der Waals surface area contributed by atoms with Crippen LogP contribution in [0.1, 0.15) is 19.3 Å². The smallest absolute Gasteiger partial charge is 0.305 e. The van der Waals surface area contributed by atoms with Gasteiger partial charge in [-0.1, -0.05) is 0 Å². The van der Waals surface area contributed by atoms with Crippen molar-refractivity contribution >= 4 is 23.6 Å². The van der Waals surface area contributed by atoms with Gasteiger partial charge >= 0.3 is 5.97 Å². The average molecular weight is 260 g/mol. The van der Waals surface area contributed by atoms with Crippen LogP contribution in [0.2, 0.25) is 0 Å². The lowest BCUT2D eigenvalue weighted by atomic mass is 10.2. The molecule has 0 radical (unpaired) electrons. The van der Waals surface area contributed by atoms with E-state index in [1.165, 1.54) is 7.11 Å². The number of methoxy groups -OCH3 is 1. The number of hydrogen-bond acceptors (Lipinski definition) is 5. The second kappa shape index (κ2) is 8.36. The van der Waals surface area contributed by atoms with E-state index in [9.17, 15) is 9.59 Å². The number of carbonyl (C=O) groups excluding carboxylic acids is 2. The third-order valence-electron chi connectivity index (χ3n) is 2.54. The summed E-state index contributed by atoms with van der Waals surface area (Å²) in [6.45, 7) is 1.51. The zero-order chi connectivity index (χ0) is 12.5. The molecule has 1 aliphatic heterocycles. The molecular formula is C11H20N2O3S. The molecule has 5 nitrogen and oxygen atoms in total. The molecule has 0 aliphatic carbocycles. The Morgan fingerprint density at radius 1 is 1.53 bits per heavy atom. The summed E-state index contributed by atoms with van der Waals surface area (Å²) in [6, 6.07) is 0.286. The molecule has 2 N–H and O–H groups in total. The van der Waals surface area contributed by atoms with Crippen molar-refractivity contribution in [2.45, 2.75) is 25.3 Å². The van der Waals surface area contributed by atoms with Crippen LogP contribution in [-0.2, 0) is 14.3 Å². The van der Waals surface area contributed by atoms with E-state index in [0.717, 1.165) is 18.1 Å². The van der Waals surface area contributed by atoms with Gasteiger partial charge in [0.05, 0.1) is 7.11 Å². The zero-order valence-corrected chi connectivity index (χ0v) is 11.0.